The van der Waals surface area contributed by atoms with Gasteiger partial charge in [0.15, 0.2) is 0 Å². The van der Waals surface area contributed by atoms with Gasteiger partial charge in [-0.3, -0.25) is 0 Å². The van der Waals surface area contributed by atoms with E-state index < -0.39 is 0 Å². The molecule has 0 unspecified atom stereocenters. The highest BCUT2D eigenvalue weighted by atomic mass is 32.1. The zero-order valence-corrected chi connectivity index (χ0v) is 33.9. The zero-order valence-electron chi connectivity index (χ0n) is 33.1. The molecule has 0 atom stereocenters. The van der Waals surface area contributed by atoms with E-state index in [0.717, 1.165) is 22.7 Å². The molecule has 0 aliphatic heterocycles. The van der Waals surface area contributed by atoms with Gasteiger partial charge < -0.3 is 9.47 Å². The molecule has 13 aromatic rings. The molecular weight excluding hydrogens is 757 g/mol. The third-order valence-electron chi connectivity index (χ3n) is 12.7. The van der Waals surface area contributed by atoms with E-state index in [4.69, 9.17) is 0 Å². The van der Waals surface area contributed by atoms with Gasteiger partial charge in [-0.05, 0) is 115 Å². The van der Waals surface area contributed by atoms with Crippen LogP contribution in [0.5, 0.6) is 0 Å². The van der Waals surface area contributed by atoms with Crippen molar-refractivity contribution >= 4 is 113 Å². The largest absolute Gasteiger partial charge is 0.310 e. The van der Waals surface area contributed by atoms with E-state index in [1.54, 1.807) is 0 Å². The summed E-state index contributed by atoms with van der Waals surface area (Å²) in [6.45, 7) is 0. The van der Waals surface area contributed by atoms with Crippen LogP contribution in [0.15, 0.2) is 218 Å². The summed E-state index contributed by atoms with van der Waals surface area (Å²) in [6.07, 6.45) is 0. The van der Waals surface area contributed by atoms with Crippen molar-refractivity contribution in [2.45, 2.75) is 0 Å². The maximum absolute atomic E-state index is 2.47. The highest BCUT2D eigenvalue weighted by Crippen LogP contribution is 2.45. The summed E-state index contributed by atoms with van der Waals surface area (Å²) < 4.78 is 5.07. The minimum atomic E-state index is 1.10. The van der Waals surface area contributed by atoms with Crippen LogP contribution >= 0.6 is 11.3 Å². The van der Waals surface area contributed by atoms with Crippen LogP contribution in [0.3, 0.4) is 0 Å². The van der Waals surface area contributed by atoms with Gasteiger partial charge in [-0.25, -0.2) is 0 Å². The molecule has 0 saturated heterocycles. The first-order chi connectivity index (χ1) is 30.2. The molecule has 2 nitrogen and oxygen atoms in total. The Morgan fingerprint density at radius 2 is 0.902 bits per heavy atom. The summed E-state index contributed by atoms with van der Waals surface area (Å²) in [4.78, 5) is 2.45. The summed E-state index contributed by atoms with van der Waals surface area (Å²) in [5.41, 5.74) is 9.20. The zero-order chi connectivity index (χ0) is 40.0. The Balaban J connectivity index is 1.08. The summed E-state index contributed by atoms with van der Waals surface area (Å²) in [6, 6.07) is 80.7. The van der Waals surface area contributed by atoms with Crippen molar-refractivity contribution < 1.29 is 0 Å². The van der Waals surface area contributed by atoms with E-state index in [9.17, 15) is 0 Å². The fourth-order valence-corrected chi connectivity index (χ4v) is 11.1. The molecule has 13 rings (SSSR count). The molecule has 3 heteroatoms. The lowest BCUT2D eigenvalue weighted by Gasteiger charge is -2.27. The van der Waals surface area contributed by atoms with Crippen molar-refractivity contribution in [1.29, 1.82) is 0 Å². The number of rotatable bonds is 5. The Morgan fingerprint density at radius 1 is 0.328 bits per heavy atom. The molecule has 0 radical (unpaired) electrons. The van der Waals surface area contributed by atoms with Crippen LogP contribution in [0.1, 0.15) is 0 Å². The highest BCUT2D eigenvalue weighted by molar-refractivity contribution is 7.25. The number of thiophene rings is 1. The molecule has 2 aromatic heterocycles. The molecule has 61 heavy (non-hydrogen) atoms. The first kappa shape index (κ1) is 34.2. The van der Waals surface area contributed by atoms with Gasteiger partial charge in [0.1, 0.15) is 0 Å². The number of aromatic nitrogens is 1. The first-order valence-electron chi connectivity index (χ1n) is 20.9. The van der Waals surface area contributed by atoms with E-state index in [-0.39, 0.29) is 0 Å². The quantitative estimate of drug-likeness (QED) is 0.158. The molecule has 0 aliphatic rings. The second-order valence-electron chi connectivity index (χ2n) is 16.1. The van der Waals surface area contributed by atoms with Crippen molar-refractivity contribution in [2.24, 2.45) is 0 Å². The van der Waals surface area contributed by atoms with E-state index in [1.807, 2.05) is 11.3 Å². The first-order valence-corrected chi connectivity index (χ1v) is 21.7. The third kappa shape index (κ3) is 5.28. The van der Waals surface area contributed by atoms with E-state index in [2.05, 4.69) is 228 Å². The lowest BCUT2D eigenvalue weighted by molar-refractivity contribution is 1.18. The fourth-order valence-electron chi connectivity index (χ4n) is 9.97. The summed E-state index contributed by atoms with van der Waals surface area (Å²) in [7, 11) is 0. The molecule has 0 bridgehead atoms. The summed E-state index contributed by atoms with van der Waals surface area (Å²) >= 11 is 1.86. The highest BCUT2D eigenvalue weighted by Gasteiger charge is 2.21. The third-order valence-corrected chi connectivity index (χ3v) is 13.9. The minimum absolute atomic E-state index is 1.10. The van der Waals surface area contributed by atoms with E-state index >= 15 is 0 Å². The van der Waals surface area contributed by atoms with Gasteiger partial charge in [0.25, 0.3) is 0 Å². The predicted octanol–water partition coefficient (Wildman–Crippen LogP) is 16.9. The SMILES string of the molecule is c1ccc(-c2cc(N(c3ccc4c(ccc5ccc6ccccc6c54)c3)c3ccc4sc5ccccc5c4c3)ccc2-n2c3ccccc3c3c4ccccc4ccc32)cc1. The van der Waals surface area contributed by atoms with Crippen molar-refractivity contribution in [3.63, 3.8) is 0 Å². The number of para-hydroxylation sites is 1. The number of hydrogen-bond donors (Lipinski definition) is 0. The number of fused-ring (bicyclic) bond motifs is 13. The Kier molecular flexibility index (Phi) is 7.51. The Hall–Kier alpha value is -7.72. The number of nitrogens with zero attached hydrogens (tertiary/aromatic N) is 2. The smallest absolute Gasteiger partial charge is 0.0547 e. The maximum Gasteiger partial charge on any atom is 0.0547 e. The van der Waals surface area contributed by atoms with Gasteiger partial charge in [0.05, 0.1) is 16.7 Å². The van der Waals surface area contributed by atoms with Gasteiger partial charge in [0, 0.05) is 53.6 Å². The van der Waals surface area contributed by atoms with Crippen LogP contribution < -0.4 is 4.90 Å². The lowest BCUT2D eigenvalue weighted by atomic mass is 9.96. The molecule has 2 heterocycles. The average Bonchev–Trinajstić information content (AvgIpc) is 3.87. The molecule has 0 spiro atoms. The standard InChI is InChI=1S/C58H36N2S/c1-2-12-37(13-3-1)50-35-43(28-32-53(50)60-52-20-10-8-19-49(52)58-46-17-7-5-15-39(46)26-31-54(58)60)59(44-29-33-56-51(36-44)48-18-9-11-21-55(48)61-56)42-27-30-47-41(34-42)25-24-40-23-22-38-14-4-6-16-45(38)57(40)47/h1-36H. The van der Waals surface area contributed by atoms with Gasteiger partial charge in [-0.15, -0.1) is 11.3 Å². The normalized spacial score (nSPS) is 11.9. The average molecular weight is 793 g/mol. The second kappa shape index (κ2) is 13.4. The van der Waals surface area contributed by atoms with Crippen LogP contribution in [0.4, 0.5) is 17.1 Å². The molecule has 0 N–H and O–H groups in total. The fraction of sp³-hybridized carbons (Fsp3) is 0. The molecule has 0 aliphatic carbocycles. The van der Waals surface area contributed by atoms with E-state index in [1.165, 1.54) is 96.2 Å². The maximum atomic E-state index is 2.47. The van der Waals surface area contributed by atoms with Crippen molar-refractivity contribution in [1.82, 2.24) is 4.57 Å². The molecule has 284 valence electrons. The van der Waals surface area contributed by atoms with Crippen LogP contribution in [0, 0.1) is 0 Å². The van der Waals surface area contributed by atoms with E-state index in [0.29, 0.717) is 0 Å². The molecule has 0 saturated carbocycles. The molecule has 0 fully saturated rings. The number of anilines is 3. The Labute approximate surface area is 356 Å². The van der Waals surface area contributed by atoms with Crippen LogP contribution in [0.2, 0.25) is 0 Å². The topological polar surface area (TPSA) is 8.17 Å². The van der Waals surface area contributed by atoms with Crippen LogP contribution in [0.25, 0.3) is 102 Å². The number of benzene rings is 11. The van der Waals surface area contributed by atoms with Crippen molar-refractivity contribution in [2.75, 3.05) is 4.90 Å². The molecular formula is C58H36N2S. The monoisotopic (exact) mass is 792 g/mol. The van der Waals surface area contributed by atoms with Gasteiger partial charge in [-0.1, -0.05) is 152 Å². The van der Waals surface area contributed by atoms with Crippen molar-refractivity contribution in [3.05, 3.63) is 218 Å². The van der Waals surface area contributed by atoms with Crippen LogP contribution in [-0.2, 0) is 0 Å². The predicted molar refractivity (Wildman–Crippen MR) is 264 cm³/mol. The van der Waals surface area contributed by atoms with Gasteiger partial charge in [0.2, 0.25) is 0 Å². The van der Waals surface area contributed by atoms with Gasteiger partial charge in [-0.2, -0.15) is 0 Å². The summed E-state index contributed by atoms with van der Waals surface area (Å²) in [5, 5.41) is 15.2. The molecule has 0 amide bonds. The number of hydrogen-bond acceptors (Lipinski definition) is 2. The Morgan fingerprint density at radius 3 is 1.74 bits per heavy atom. The molecule has 11 aromatic carbocycles. The minimum Gasteiger partial charge on any atom is -0.310 e. The van der Waals surface area contributed by atoms with Crippen molar-refractivity contribution in [3.8, 4) is 16.8 Å². The summed E-state index contributed by atoms with van der Waals surface area (Å²) in [5.74, 6) is 0. The van der Waals surface area contributed by atoms with Crippen LogP contribution in [-0.4, -0.2) is 4.57 Å². The lowest BCUT2D eigenvalue weighted by Crippen LogP contribution is -2.11. The van der Waals surface area contributed by atoms with Gasteiger partial charge >= 0.3 is 0 Å². The second-order valence-corrected chi connectivity index (χ2v) is 17.2. The Bertz CT molecular complexity index is 3890.